The van der Waals surface area contributed by atoms with Crippen LogP contribution in [0.3, 0.4) is 0 Å². The van der Waals surface area contributed by atoms with Gasteiger partial charge in [-0.05, 0) is 115 Å². The summed E-state index contributed by atoms with van der Waals surface area (Å²) >= 11 is 3.37. The zero-order valence-corrected chi connectivity index (χ0v) is 70.2. The number of halogens is 8. The minimum absolute atomic E-state index is 0.0171. The van der Waals surface area contributed by atoms with Crippen molar-refractivity contribution in [3.63, 3.8) is 0 Å². The number of hydrogen-bond donors (Lipinski definition) is 13. The molecule has 0 fully saturated rings. The Kier molecular flexibility index (Phi) is 31.9. The Morgan fingerprint density at radius 3 is 0.911 bits per heavy atom. The van der Waals surface area contributed by atoms with Gasteiger partial charge < -0.3 is 60.4 Å². The molecule has 12 rings (SSSR count). The van der Waals surface area contributed by atoms with Gasteiger partial charge in [0.05, 0.1) is 84.9 Å². The molecule has 12 aromatic rings. The maximum Gasteiger partial charge on any atom is 0.573 e. The molecule has 0 amide bonds. The predicted octanol–water partition coefficient (Wildman–Crippen LogP) is 17.6. The van der Waals surface area contributed by atoms with Gasteiger partial charge in [0.25, 0.3) is 46.5 Å². The second kappa shape index (κ2) is 41.3. The van der Waals surface area contributed by atoms with E-state index in [2.05, 4.69) is 47.5 Å². The van der Waals surface area contributed by atoms with Crippen molar-refractivity contribution >= 4 is 183 Å². The molecule has 44 heteroatoms. The first-order chi connectivity index (χ1) is 58.3. The normalized spacial score (nSPS) is 11.8. The summed E-state index contributed by atoms with van der Waals surface area (Å²) in [6.45, 7) is 4.14. The molecule has 656 valence electrons. The summed E-state index contributed by atoms with van der Waals surface area (Å²) in [5.41, 5.74) is 1.33. The summed E-state index contributed by atoms with van der Waals surface area (Å²) < 4.78 is 223. The Morgan fingerprint density at radius 2 is 0.629 bits per heavy atom. The first kappa shape index (κ1) is 95.6. The molecule has 0 aliphatic carbocycles. The number of carboxylic acids is 4. The molecule has 0 unspecified atom stereocenters. The van der Waals surface area contributed by atoms with Gasteiger partial charge in [0.15, 0.2) is 0 Å². The van der Waals surface area contributed by atoms with Crippen molar-refractivity contribution in [3.05, 3.63) is 218 Å². The standard InChI is InChI=1S/C22H24N2O5S2.C20H17F2NO6S2.2C19H14F3NO6S2/c1-14(2)12-23-15-7-9-16(10-8-15)31(28,29)24-19-11-20(30-13-21(25)26)22(27)18-6-4-3-5-17(18)19;21-18(22)10-29-12-5-7-13(8-6-12)31(27,28)23-16-9-17(30-11-19(24)25)20(26)15-4-2-1-3-14(15)16;20-19(21,22)29-11-4-3-5-12(8-11)31(27,28)23-15-9-16(30-10-17(24)25)18(26)14-7-2-1-6-13(14)15;20-19(21,22)29-11-5-7-12(8-6-11)31(27,28)23-15-9-16(30-10-17(24)25)18(26)14-4-2-1-3-13(14)15/h3-11,14,23-24,27H,12-13H2,1-2H3,(H,25,26);1-9,18,23,26H,10-11H2,(H,24,25);2*1-9,23,26H,10H2,(H,24,25). The fourth-order valence-corrected chi connectivity index (χ4v) is 18.3. The molecule has 0 spiro atoms. The number of ether oxygens (including phenoxy) is 3. The van der Waals surface area contributed by atoms with Gasteiger partial charge in [-0.3, -0.25) is 38.1 Å². The van der Waals surface area contributed by atoms with Gasteiger partial charge in [-0.1, -0.05) is 117 Å². The van der Waals surface area contributed by atoms with Crippen LogP contribution in [0.2, 0.25) is 0 Å². The van der Waals surface area contributed by atoms with Crippen LogP contribution in [0.15, 0.2) is 258 Å². The molecular formula is C80H69F8N5O23S8. The first-order valence-corrected chi connectivity index (χ1v) is 45.2. The monoisotopic (exact) mass is 1880 g/mol. The zero-order valence-electron chi connectivity index (χ0n) is 63.7. The fourth-order valence-electron chi connectivity index (χ4n) is 11.1. The molecule has 0 atom stereocenters. The fraction of sp³-hybridized carbons (Fsp3) is 0.150. The van der Waals surface area contributed by atoms with Crippen LogP contribution >= 0.6 is 47.0 Å². The van der Waals surface area contributed by atoms with E-state index >= 15 is 0 Å². The number of anilines is 5. The molecule has 124 heavy (non-hydrogen) atoms. The molecule has 28 nitrogen and oxygen atoms in total. The molecule has 12 aromatic carbocycles. The third-order valence-corrected chi connectivity index (χ3v) is 26.0. The highest BCUT2D eigenvalue weighted by Gasteiger charge is 2.33. The number of rotatable bonds is 32. The molecular weight excluding hydrogens is 1810 g/mol. The molecule has 0 bridgehead atoms. The van der Waals surface area contributed by atoms with Crippen molar-refractivity contribution in [1.29, 1.82) is 0 Å². The highest BCUT2D eigenvalue weighted by atomic mass is 32.2. The van der Waals surface area contributed by atoms with Crippen LogP contribution in [0.1, 0.15) is 13.8 Å². The van der Waals surface area contributed by atoms with Crippen LogP contribution in [0.4, 0.5) is 63.6 Å². The van der Waals surface area contributed by atoms with E-state index in [1.54, 1.807) is 91.0 Å². The molecule has 0 saturated carbocycles. The van der Waals surface area contributed by atoms with E-state index in [0.717, 1.165) is 108 Å². The number of sulfonamides is 4. The quantitative estimate of drug-likeness (QED) is 0.0106. The summed E-state index contributed by atoms with van der Waals surface area (Å²) in [4.78, 5) is 43.5. The van der Waals surface area contributed by atoms with Crippen LogP contribution in [-0.4, -0.2) is 154 Å². The van der Waals surface area contributed by atoms with E-state index in [1.165, 1.54) is 78.9 Å². The van der Waals surface area contributed by atoms with E-state index in [4.69, 9.17) is 25.2 Å². The number of phenols is 4. The van der Waals surface area contributed by atoms with E-state index in [9.17, 15) is 108 Å². The van der Waals surface area contributed by atoms with Crippen molar-refractivity contribution in [2.45, 2.75) is 72.2 Å². The molecule has 0 heterocycles. The van der Waals surface area contributed by atoms with Crippen LogP contribution in [-0.2, 0) is 59.3 Å². The maximum absolute atomic E-state index is 13.0. The number of aromatic hydroxyl groups is 4. The third-order valence-electron chi connectivity index (χ3n) is 16.4. The van der Waals surface area contributed by atoms with Gasteiger partial charge in [0.1, 0.15) is 46.9 Å². The second-order valence-corrected chi connectivity index (χ2v) is 36.7. The average molecular weight is 1880 g/mol. The van der Waals surface area contributed by atoms with Gasteiger partial charge in [-0.2, -0.15) is 0 Å². The van der Waals surface area contributed by atoms with Crippen molar-refractivity contribution in [2.75, 3.05) is 60.4 Å². The van der Waals surface area contributed by atoms with Crippen molar-refractivity contribution in [1.82, 2.24) is 0 Å². The predicted molar refractivity (Wildman–Crippen MR) is 453 cm³/mol. The van der Waals surface area contributed by atoms with Gasteiger partial charge in [-0.25, -0.2) is 42.5 Å². The van der Waals surface area contributed by atoms with Gasteiger partial charge in [-0.15, -0.1) is 73.4 Å². The Labute approximate surface area is 717 Å². The number of carboxylic acid groups (broad SMARTS) is 4. The van der Waals surface area contributed by atoms with E-state index in [-0.39, 0.29) is 114 Å². The maximum atomic E-state index is 13.0. The number of fused-ring (bicyclic) bond motifs is 4. The topological polar surface area (TPSA) is 455 Å². The molecule has 0 aromatic heterocycles. The Morgan fingerprint density at radius 1 is 0.355 bits per heavy atom. The summed E-state index contributed by atoms with van der Waals surface area (Å²) in [5.74, 6) is -7.07. The highest BCUT2D eigenvalue weighted by Crippen LogP contribution is 2.46. The van der Waals surface area contributed by atoms with Crippen molar-refractivity contribution in [2.24, 2.45) is 5.92 Å². The minimum Gasteiger partial charge on any atom is -0.506 e. The smallest absolute Gasteiger partial charge is 0.506 e. The number of aliphatic carboxylic acids is 4. The summed E-state index contributed by atoms with van der Waals surface area (Å²) in [5, 5.41) is 83.7. The van der Waals surface area contributed by atoms with Crippen LogP contribution in [0, 0.1) is 5.92 Å². The lowest BCUT2D eigenvalue weighted by Crippen LogP contribution is -2.18. The number of hydrogen-bond acceptors (Lipinski definition) is 24. The van der Waals surface area contributed by atoms with E-state index < -0.39 is 106 Å². The second-order valence-electron chi connectivity index (χ2n) is 25.9. The first-order valence-electron chi connectivity index (χ1n) is 35.3. The Balaban J connectivity index is 0.000000187. The number of nitrogens with one attached hydrogen (secondary N) is 5. The molecule has 0 aliphatic heterocycles. The Bertz CT molecular complexity index is 6220. The van der Waals surface area contributed by atoms with Gasteiger partial charge >= 0.3 is 36.6 Å². The average Bonchev–Trinajstić information content (AvgIpc) is 0.787. The minimum atomic E-state index is -4.99. The Hall–Kier alpha value is -12.2. The number of phenolic OH excluding ortho intramolecular Hbond substituents is 4. The number of benzene rings is 12. The number of thioether (sulfide) groups is 4. The van der Waals surface area contributed by atoms with Gasteiger partial charge in [0.2, 0.25) is 0 Å². The summed E-state index contributed by atoms with van der Waals surface area (Å²) in [7, 11) is -16.5. The van der Waals surface area contributed by atoms with Crippen LogP contribution in [0.5, 0.6) is 40.2 Å². The van der Waals surface area contributed by atoms with Crippen LogP contribution in [0.25, 0.3) is 43.1 Å². The number of alkyl halides is 8. The summed E-state index contributed by atoms with van der Waals surface area (Å²) in [6.07, 6.45) is -12.5. The summed E-state index contributed by atoms with van der Waals surface area (Å²) in [6, 6.07) is 50.2. The largest absolute Gasteiger partial charge is 0.573 e. The van der Waals surface area contributed by atoms with Crippen molar-refractivity contribution < 1.29 is 143 Å². The lowest BCUT2D eigenvalue weighted by molar-refractivity contribution is -0.275. The van der Waals surface area contributed by atoms with Gasteiger partial charge in [0, 0.05) is 61.4 Å². The molecule has 0 aliphatic rings. The van der Waals surface area contributed by atoms with E-state index in [1.807, 2.05) is 0 Å². The number of carbonyl (C=O) groups is 4. The van der Waals surface area contributed by atoms with Crippen LogP contribution < -0.4 is 38.4 Å². The third kappa shape index (κ3) is 26.9. The molecule has 0 radical (unpaired) electrons. The lowest BCUT2D eigenvalue weighted by Gasteiger charge is -2.15. The highest BCUT2D eigenvalue weighted by molar-refractivity contribution is 8.01. The molecule has 0 saturated heterocycles. The lowest BCUT2D eigenvalue weighted by atomic mass is 10.1. The molecule has 13 N–H and O–H groups in total. The van der Waals surface area contributed by atoms with E-state index in [0.29, 0.717) is 43.6 Å². The SMILES string of the molecule is CC(C)CNc1ccc(S(=O)(=O)Nc2cc(SCC(=O)O)c(O)c3ccccc23)cc1.O=C(O)CSc1cc(NS(=O)(=O)c2ccc(OC(F)(F)F)cc2)c2ccccc2c1O.O=C(O)CSc1cc(NS(=O)(=O)c2ccc(OCC(F)F)cc2)c2ccccc2c1O.O=C(O)CSc1cc(NS(=O)(=O)c2cccc(OC(F)(F)F)c2)c2ccccc2c1O. The van der Waals surface area contributed by atoms with Crippen molar-refractivity contribution in [3.8, 4) is 40.2 Å². The zero-order chi connectivity index (χ0) is 90.8.